The maximum Gasteiger partial charge on any atom is 0.219 e. The number of hydrogen-bond donors (Lipinski definition) is 2. The van der Waals surface area contributed by atoms with Crippen LogP contribution in [0, 0.1) is 11.7 Å². The molecule has 0 aliphatic carbocycles. The molecule has 6 heteroatoms. The van der Waals surface area contributed by atoms with Crippen molar-refractivity contribution < 1.29 is 14.3 Å². The van der Waals surface area contributed by atoms with Gasteiger partial charge >= 0.3 is 0 Å². The summed E-state index contributed by atoms with van der Waals surface area (Å²) in [7, 11) is 0. The van der Waals surface area contributed by atoms with Crippen LogP contribution in [0.4, 0.5) is 4.39 Å². The molecule has 4 nitrogen and oxygen atoms in total. The molecule has 1 aliphatic heterocycles. The number of aliphatic hydroxyl groups is 1. The molecule has 0 unspecified atom stereocenters. The number of β-amino-alcohol motifs (C(OH)–C–C–N with tert-alkyl or cyclic N) is 1. The van der Waals surface area contributed by atoms with Crippen LogP contribution in [0.1, 0.15) is 51.7 Å². The summed E-state index contributed by atoms with van der Waals surface area (Å²) in [6.07, 6.45) is 2.38. The van der Waals surface area contributed by atoms with E-state index >= 15 is 0 Å². The highest BCUT2D eigenvalue weighted by molar-refractivity contribution is 5.85. The largest absolute Gasteiger partial charge is 0.387 e. The summed E-state index contributed by atoms with van der Waals surface area (Å²) in [5.74, 6) is 0.279. The van der Waals surface area contributed by atoms with Crippen LogP contribution in [0.2, 0.25) is 0 Å². The zero-order valence-corrected chi connectivity index (χ0v) is 16.1. The van der Waals surface area contributed by atoms with Crippen LogP contribution in [-0.2, 0) is 4.79 Å². The molecule has 0 spiro atoms. The molecule has 25 heavy (non-hydrogen) atoms. The molecule has 142 valence electrons. The van der Waals surface area contributed by atoms with Crippen molar-refractivity contribution in [3.63, 3.8) is 0 Å². The van der Waals surface area contributed by atoms with Gasteiger partial charge in [0.15, 0.2) is 0 Å². The lowest BCUT2D eigenvalue weighted by molar-refractivity contribution is -0.130. The van der Waals surface area contributed by atoms with Crippen molar-refractivity contribution in [3.8, 4) is 0 Å². The van der Waals surface area contributed by atoms with E-state index < -0.39 is 6.10 Å². The van der Waals surface area contributed by atoms with E-state index in [2.05, 4.69) is 19.2 Å². The highest BCUT2D eigenvalue weighted by Gasteiger charge is 2.28. The molecule has 1 aromatic rings. The molecule has 1 fully saturated rings. The number of benzene rings is 1. The molecule has 1 heterocycles. The maximum atomic E-state index is 13.2. The van der Waals surface area contributed by atoms with Gasteiger partial charge in [-0.2, -0.15) is 0 Å². The third-order valence-corrected chi connectivity index (χ3v) is 4.77. The van der Waals surface area contributed by atoms with Gasteiger partial charge in [-0.25, -0.2) is 4.39 Å². The Hall–Kier alpha value is -1.17. The van der Waals surface area contributed by atoms with Gasteiger partial charge in [-0.1, -0.05) is 12.1 Å². The summed E-state index contributed by atoms with van der Waals surface area (Å²) in [5.41, 5.74) is 0.428. The number of halogens is 2. The van der Waals surface area contributed by atoms with Crippen LogP contribution >= 0.6 is 12.4 Å². The predicted molar refractivity (Wildman–Crippen MR) is 100 cm³/mol. The van der Waals surface area contributed by atoms with E-state index in [0.29, 0.717) is 18.0 Å². The molecule has 0 saturated carbocycles. The molecule has 0 radical (unpaired) electrons. The third kappa shape index (κ3) is 6.92. The van der Waals surface area contributed by atoms with Gasteiger partial charge in [0.25, 0.3) is 0 Å². The minimum absolute atomic E-state index is 0. The van der Waals surface area contributed by atoms with E-state index in [1.807, 2.05) is 4.90 Å². The van der Waals surface area contributed by atoms with Crippen LogP contribution in [0.25, 0.3) is 0 Å². The summed E-state index contributed by atoms with van der Waals surface area (Å²) < 4.78 is 13.2. The minimum Gasteiger partial charge on any atom is -0.387 e. The van der Waals surface area contributed by atoms with E-state index in [9.17, 15) is 14.3 Å². The average molecular weight is 373 g/mol. The molecular formula is C19H30ClFN2O2. The maximum absolute atomic E-state index is 13.2. The zero-order valence-electron chi connectivity index (χ0n) is 15.3. The predicted octanol–water partition coefficient (Wildman–Crippen LogP) is 3.30. The summed E-state index contributed by atoms with van der Waals surface area (Å²) in [6, 6.07) is 6.08. The normalized spacial score (nSPS) is 19.2. The van der Waals surface area contributed by atoms with E-state index in [1.165, 1.54) is 12.1 Å². The Balaban J connectivity index is 0.00000312. The number of hydrogen-bond acceptors (Lipinski definition) is 3. The van der Waals surface area contributed by atoms with Gasteiger partial charge in [-0.05, 0) is 56.7 Å². The Kier molecular flexibility index (Phi) is 8.32. The minimum atomic E-state index is -0.736. The smallest absolute Gasteiger partial charge is 0.219 e. The number of likely N-dealkylation sites (tertiary alicyclic amines) is 1. The van der Waals surface area contributed by atoms with Gasteiger partial charge in [-0.15, -0.1) is 12.4 Å². The van der Waals surface area contributed by atoms with Crippen molar-refractivity contribution in [2.24, 2.45) is 5.92 Å². The Morgan fingerprint density at radius 2 is 2.20 bits per heavy atom. The molecule has 1 aliphatic rings. The topological polar surface area (TPSA) is 52.6 Å². The molecule has 0 bridgehead atoms. The monoisotopic (exact) mass is 372 g/mol. The standard InChI is InChI=1S/C19H29FN2O2.ClH/c1-14(23)22-9-5-6-15(13-22)11-19(2,3)21-12-18(24)16-7-4-8-17(20)10-16;/h4,7-8,10,15,18,21,24H,5-6,9,11-13H2,1-3H3;1H/t15-,18+;/m1./s1. The van der Waals surface area contributed by atoms with Crippen LogP contribution in [0.15, 0.2) is 24.3 Å². The van der Waals surface area contributed by atoms with Gasteiger partial charge in [0.05, 0.1) is 6.10 Å². The number of carbonyl (C=O) groups excluding carboxylic acids is 1. The van der Waals surface area contributed by atoms with Crippen molar-refractivity contribution in [2.75, 3.05) is 19.6 Å². The van der Waals surface area contributed by atoms with Gasteiger partial charge in [0.2, 0.25) is 5.91 Å². The van der Waals surface area contributed by atoms with Crippen LogP contribution in [0.5, 0.6) is 0 Å². The molecular weight excluding hydrogens is 343 g/mol. The number of aliphatic hydroxyl groups excluding tert-OH is 1. The molecule has 2 N–H and O–H groups in total. The summed E-state index contributed by atoms with van der Waals surface area (Å²) in [6.45, 7) is 7.89. The first kappa shape index (κ1) is 21.9. The molecule has 1 amide bonds. The molecule has 2 atom stereocenters. The van der Waals surface area contributed by atoms with Crippen LogP contribution < -0.4 is 5.32 Å². The van der Waals surface area contributed by atoms with E-state index in [4.69, 9.17) is 0 Å². The summed E-state index contributed by atoms with van der Waals surface area (Å²) in [4.78, 5) is 13.5. The average Bonchev–Trinajstić information content (AvgIpc) is 2.52. The summed E-state index contributed by atoms with van der Waals surface area (Å²) in [5, 5.41) is 13.6. The number of rotatable bonds is 6. The third-order valence-electron chi connectivity index (χ3n) is 4.77. The zero-order chi connectivity index (χ0) is 17.7. The second-order valence-corrected chi connectivity index (χ2v) is 7.51. The second kappa shape index (κ2) is 9.51. The number of amides is 1. The van der Waals surface area contributed by atoms with Crippen molar-refractivity contribution >= 4 is 18.3 Å². The van der Waals surface area contributed by atoms with Crippen LogP contribution in [-0.4, -0.2) is 41.1 Å². The quantitative estimate of drug-likeness (QED) is 0.805. The molecule has 2 rings (SSSR count). The van der Waals surface area contributed by atoms with Gasteiger partial charge in [0.1, 0.15) is 5.82 Å². The van der Waals surface area contributed by atoms with E-state index in [1.54, 1.807) is 19.1 Å². The van der Waals surface area contributed by atoms with E-state index in [0.717, 1.165) is 32.4 Å². The Bertz CT molecular complexity index is 568. The van der Waals surface area contributed by atoms with Crippen LogP contribution in [0.3, 0.4) is 0 Å². The summed E-state index contributed by atoms with van der Waals surface area (Å²) >= 11 is 0. The Morgan fingerprint density at radius 3 is 2.84 bits per heavy atom. The fourth-order valence-electron chi connectivity index (χ4n) is 3.52. The number of nitrogens with one attached hydrogen (secondary N) is 1. The first-order valence-electron chi connectivity index (χ1n) is 8.71. The first-order valence-corrected chi connectivity index (χ1v) is 8.71. The molecule has 1 aromatic carbocycles. The SMILES string of the molecule is CC(=O)N1CCC[C@H](CC(C)(C)NC[C@H](O)c2cccc(F)c2)C1.Cl. The highest BCUT2D eigenvalue weighted by Crippen LogP contribution is 2.26. The van der Waals surface area contributed by atoms with Crippen molar-refractivity contribution in [2.45, 2.75) is 51.7 Å². The fourth-order valence-corrected chi connectivity index (χ4v) is 3.52. The van der Waals surface area contributed by atoms with Gasteiger partial charge in [0, 0.05) is 32.1 Å². The van der Waals surface area contributed by atoms with Crippen molar-refractivity contribution in [1.29, 1.82) is 0 Å². The molecule has 0 aromatic heterocycles. The van der Waals surface area contributed by atoms with Crippen molar-refractivity contribution in [3.05, 3.63) is 35.6 Å². The highest BCUT2D eigenvalue weighted by atomic mass is 35.5. The van der Waals surface area contributed by atoms with Gasteiger partial charge in [-0.3, -0.25) is 4.79 Å². The second-order valence-electron chi connectivity index (χ2n) is 7.51. The van der Waals surface area contributed by atoms with Crippen molar-refractivity contribution in [1.82, 2.24) is 10.2 Å². The lowest BCUT2D eigenvalue weighted by Gasteiger charge is -2.37. The van der Waals surface area contributed by atoms with Gasteiger partial charge < -0.3 is 15.3 Å². The lowest BCUT2D eigenvalue weighted by Crippen LogP contribution is -2.46. The van der Waals surface area contributed by atoms with E-state index in [-0.39, 0.29) is 29.7 Å². The number of carbonyl (C=O) groups is 1. The fraction of sp³-hybridized carbons (Fsp3) is 0.632. The Labute approximate surface area is 156 Å². The Morgan fingerprint density at radius 1 is 1.48 bits per heavy atom. The number of nitrogens with zero attached hydrogens (tertiary/aromatic N) is 1. The number of piperidine rings is 1. The molecule has 1 saturated heterocycles. The lowest BCUT2D eigenvalue weighted by atomic mass is 9.85. The first-order chi connectivity index (χ1) is 11.3.